The van der Waals surface area contributed by atoms with Crippen molar-refractivity contribution in [1.82, 2.24) is 4.98 Å². The quantitative estimate of drug-likeness (QED) is 0.698. The van der Waals surface area contributed by atoms with Gasteiger partial charge in [-0.2, -0.15) is 0 Å². The zero-order chi connectivity index (χ0) is 10.9. The molecule has 0 spiro atoms. The average molecular weight is 215 g/mol. The van der Waals surface area contributed by atoms with Crippen LogP contribution in [0.15, 0.2) is 18.3 Å². The molecule has 0 N–H and O–H groups in total. The van der Waals surface area contributed by atoms with Crippen molar-refractivity contribution in [1.29, 1.82) is 0 Å². The predicted molar refractivity (Wildman–Crippen MR) is 54.4 cm³/mol. The second kappa shape index (κ2) is 3.75. The maximum atomic E-state index is 12.3. The van der Waals surface area contributed by atoms with E-state index in [-0.39, 0.29) is 0 Å². The minimum Gasteiger partial charge on any atom is -0.445 e. The number of aromatic nitrogens is 1. The fourth-order valence-electron chi connectivity index (χ4n) is 1.72. The van der Waals surface area contributed by atoms with Crippen LogP contribution in [0.1, 0.15) is 12.8 Å². The number of pyridine rings is 1. The summed E-state index contributed by atoms with van der Waals surface area (Å²) in [6.45, 7) is -3.13. The molecule has 2 heterocycles. The highest BCUT2D eigenvalue weighted by Crippen LogP contribution is 2.17. The Morgan fingerprint density at radius 2 is 1.80 bits per heavy atom. The molecule has 2 nitrogen and oxygen atoms in total. The lowest BCUT2D eigenvalue weighted by atomic mass is 9.81. The highest BCUT2D eigenvalue weighted by Gasteiger charge is 2.26. The maximum Gasteiger partial charge on any atom is 0.511 e. The Labute approximate surface area is 86.2 Å². The Morgan fingerprint density at radius 1 is 1.13 bits per heavy atom. The van der Waals surface area contributed by atoms with Crippen molar-refractivity contribution < 1.29 is 12.9 Å². The number of rotatable bonds is 2. The first kappa shape index (κ1) is 10.3. The van der Waals surface area contributed by atoms with Crippen LogP contribution in [-0.2, 0) is 0 Å². The van der Waals surface area contributed by atoms with E-state index < -0.39 is 12.4 Å². The van der Waals surface area contributed by atoms with E-state index in [0.717, 1.165) is 38.2 Å². The summed E-state index contributed by atoms with van der Waals surface area (Å²) in [7, 11) is 0. The molecule has 0 atom stereocenters. The predicted octanol–water partition coefficient (Wildman–Crippen LogP) is 1.74. The largest absolute Gasteiger partial charge is 0.511 e. The van der Waals surface area contributed by atoms with Crippen molar-refractivity contribution >= 4 is 18.3 Å². The fourth-order valence-corrected chi connectivity index (χ4v) is 1.72. The molecule has 0 bridgehead atoms. The van der Waals surface area contributed by atoms with Gasteiger partial charge in [-0.25, -0.2) is 4.98 Å². The van der Waals surface area contributed by atoms with E-state index in [0.29, 0.717) is 5.82 Å². The molecule has 6 heteroatoms. The minimum atomic E-state index is -4.92. The standard InChI is InChI=1S/C9H11BF3N2/c11-10(12,13)8-3-4-9(14-7-8)15-5-1-2-6-15/h3-4,7H,1-2,5-6H2/q-1. The zero-order valence-electron chi connectivity index (χ0n) is 8.17. The number of halogens is 3. The van der Waals surface area contributed by atoms with E-state index in [1.54, 1.807) is 0 Å². The number of hydrogen-bond acceptors (Lipinski definition) is 2. The van der Waals surface area contributed by atoms with Crippen LogP contribution in [0.25, 0.3) is 0 Å². The monoisotopic (exact) mass is 215 g/mol. The van der Waals surface area contributed by atoms with Crippen molar-refractivity contribution in [2.45, 2.75) is 12.8 Å². The highest BCUT2D eigenvalue weighted by molar-refractivity contribution is 6.73. The Morgan fingerprint density at radius 3 is 2.27 bits per heavy atom. The van der Waals surface area contributed by atoms with E-state index >= 15 is 0 Å². The first-order chi connectivity index (χ1) is 7.07. The molecule has 1 aromatic rings. The molecule has 1 aliphatic rings. The Balaban J connectivity index is 2.16. The van der Waals surface area contributed by atoms with Gasteiger partial charge < -0.3 is 17.8 Å². The fraction of sp³-hybridized carbons (Fsp3) is 0.444. The van der Waals surface area contributed by atoms with Gasteiger partial charge >= 0.3 is 6.98 Å². The SMILES string of the molecule is F[B-](F)(F)c1ccc(N2CCCC2)nc1. The van der Waals surface area contributed by atoms with Crippen LogP contribution in [0, 0.1) is 0 Å². The third kappa shape index (κ3) is 2.24. The van der Waals surface area contributed by atoms with Crippen molar-refractivity contribution in [3.8, 4) is 0 Å². The van der Waals surface area contributed by atoms with Crippen molar-refractivity contribution in [3.63, 3.8) is 0 Å². The summed E-state index contributed by atoms with van der Waals surface area (Å²) in [6, 6.07) is 2.57. The molecule has 0 unspecified atom stereocenters. The van der Waals surface area contributed by atoms with Crippen LogP contribution in [0.4, 0.5) is 18.8 Å². The molecule has 0 aliphatic carbocycles. The van der Waals surface area contributed by atoms with Gasteiger partial charge in [-0.1, -0.05) is 11.5 Å². The summed E-state index contributed by atoms with van der Waals surface area (Å²) >= 11 is 0. The Bertz CT molecular complexity index is 330. The second-order valence-electron chi connectivity index (χ2n) is 3.72. The summed E-state index contributed by atoms with van der Waals surface area (Å²) in [4.78, 5) is 5.86. The molecule has 1 aromatic heterocycles. The van der Waals surface area contributed by atoms with Crippen LogP contribution in [0.2, 0.25) is 0 Å². The van der Waals surface area contributed by atoms with Gasteiger partial charge in [0.15, 0.2) is 0 Å². The molecule has 82 valence electrons. The van der Waals surface area contributed by atoms with Crippen molar-refractivity contribution in [2.75, 3.05) is 18.0 Å². The summed E-state index contributed by atoms with van der Waals surface area (Å²) in [5, 5.41) is 0. The summed E-state index contributed by atoms with van der Waals surface area (Å²) in [5.41, 5.74) is -0.627. The minimum absolute atomic E-state index is 0.627. The number of hydrogen-bond donors (Lipinski definition) is 0. The Hall–Kier alpha value is -1.20. The van der Waals surface area contributed by atoms with Crippen LogP contribution in [0.5, 0.6) is 0 Å². The van der Waals surface area contributed by atoms with E-state index in [9.17, 15) is 12.9 Å². The molecular weight excluding hydrogens is 204 g/mol. The van der Waals surface area contributed by atoms with Gasteiger partial charge in [0.1, 0.15) is 5.82 Å². The third-order valence-electron chi connectivity index (χ3n) is 2.58. The zero-order valence-corrected chi connectivity index (χ0v) is 8.17. The lowest BCUT2D eigenvalue weighted by Crippen LogP contribution is -2.34. The lowest BCUT2D eigenvalue weighted by molar-refractivity contribution is 0.500. The molecule has 15 heavy (non-hydrogen) atoms. The first-order valence-electron chi connectivity index (χ1n) is 4.98. The first-order valence-corrected chi connectivity index (χ1v) is 4.98. The summed E-state index contributed by atoms with van der Waals surface area (Å²) in [5.74, 6) is 0.649. The van der Waals surface area contributed by atoms with Gasteiger partial charge in [0.2, 0.25) is 0 Å². The second-order valence-corrected chi connectivity index (χ2v) is 3.72. The third-order valence-corrected chi connectivity index (χ3v) is 2.58. The lowest BCUT2D eigenvalue weighted by Gasteiger charge is -2.19. The molecule has 0 saturated carbocycles. The Kier molecular flexibility index (Phi) is 2.58. The maximum absolute atomic E-state index is 12.3. The molecule has 2 rings (SSSR count). The van der Waals surface area contributed by atoms with Crippen LogP contribution in [0.3, 0.4) is 0 Å². The molecule has 1 aliphatic heterocycles. The van der Waals surface area contributed by atoms with Gasteiger partial charge in [-0.15, -0.1) is 0 Å². The van der Waals surface area contributed by atoms with Crippen LogP contribution >= 0.6 is 0 Å². The van der Waals surface area contributed by atoms with Crippen LogP contribution < -0.4 is 10.4 Å². The van der Waals surface area contributed by atoms with Gasteiger partial charge in [0.05, 0.1) is 0 Å². The van der Waals surface area contributed by atoms with E-state index in [4.69, 9.17) is 0 Å². The topological polar surface area (TPSA) is 16.1 Å². The van der Waals surface area contributed by atoms with E-state index in [1.807, 2.05) is 4.90 Å². The highest BCUT2D eigenvalue weighted by atomic mass is 19.4. The molecule has 1 fully saturated rings. The normalized spacial score (nSPS) is 17.1. The van der Waals surface area contributed by atoms with E-state index in [1.165, 1.54) is 6.07 Å². The molecular formula is C9H11BF3N2-. The summed E-state index contributed by atoms with van der Waals surface area (Å²) in [6.07, 6.45) is 3.10. The van der Waals surface area contributed by atoms with Crippen LogP contribution in [-0.4, -0.2) is 25.1 Å². The molecule has 0 amide bonds. The number of nitrogens with zero attached hydrogens (tertiary/aromatic N) is 2. The average Bonchev–Trinajstić information content (AvgIpc) is 2.69. The molecule has 0 radical (unpaired) electrons. The van der Waals surface area contributed by atoms with Crippen molar-refractivity contribution in [2.24, 2.45) is 0 Å². The van der Waals surface area contributed by atoms with Gasteiger partial charge in [-0.3, -0.25) is 0 Å². The van der Waals surface area contributed by atoms with E-state index in [2.05, 4.69) is 4.98 Å². The van der Waals surface area contributed by atoms with Gasteiger partial charge in [-0.05, 0) is 18.9 Å². The molecule has 1 saturated heterocycles. The number of anilines is 1. The van der Waals surface area contributed by atoms with Crippen molar-refractivity contribution in [3.05, 3.63) is 18.3 Å². The smallest absolute Gasteiger partial charge is 0.445 e. The summed E-state index contributed by atoms with van der Waals surface area (Å²) < 4.78 is 36.9. The molecule has 0 aromatic carbocycles. The van der Waals surface area contributed by atoms with Gasteiger partial charge in [0, 0.05) is 19.3 Å². The van der Waals surface area contributed by atoms with Gasteiger partial charge in [0.25, 0.3) is 0 Å².